The van der Waals surface area contributed by atoms with Gasteiger partial charge in [0.15, 0.2) is 0 Å². The Kier molecular flexibility index (Phi) is 9.26. The first-order valence-corrected chi connectivity index (χ1v) is 10.8. The molecule has 0 saturated carbocycles. The van der Waals surface area contributed by atoms with Gasteiger partial charge in [-0.15, -0.1) is 0 Å². The summed E-state index contributed by atoms with van der Waals surface area (Å²) in [4.78, 5) is 23.7. The van der Waals surface area contributed by atoms with Gasteiger partial charge in [0.1, 0.15) is 11.5 Å². The first kappa shape index (κ1) is 24.1. The molecule has 4 heteroatoms. The summed E-state index contributed by atoms with van der Waals surface area (Å²) in [6, 6.07) is 13.2. The zero-order valence-corrected chi connectivity index (χ0v) is 18.8. The predicted octanol–water partition coefficient (Wildman–Crippen LogP) is 6.83. The highest BCUT2D eigenvalue weighted by atomic mass is 16.5. The van der Waals surface area contributed by atoms with Crippen LogP contribution in [0.3, 0.4) is 0 Å². The Hall–Kier alpha value is -3.14. The van der Waals surface area contributed by atoms with Crippen molar-refractivity contribution in [2.75, 3.05) is 0 Å². The van der Waals surface area contributed by atoms with Crippen molar-refractivity contribution >= 4 is 11.9 Å². The lowest BCUT2D eigenvalue weighted by Gasteiger charge is -2.13. The topological polar surface area (TPSA) is 52.6 Å². The monoisotopic (exact) mass is 420 g/mol. The van der Waals surface area contributed by atoms with Crippen LogP contribution in [-0.2, 0) is 16.0 Å². The molecule has 4 nitrogen and oxygen atoms in total. The standard InChI is InChI=1S/C27H32O4/c1-6-7-8-9-10-11-23-18-22(14-17-25(23)31-27(29)20(4)5)21-12-15-24(16-13-21)30-26(28)19(2)3/h12-18H,2,4,6-11H2,1,3,5H3. The van der Waals surface area contributed by atoms with Crippen molar-refractivity contribution in [1.29, 1.82) is 0 Å². The second kappa shape index (κ2) is 11.9. The van der Waals surface area contributed by atoms with Crippen molar-refractivity contribution < 1.29 is 19.1 Å². The molecular weight excluding hydrogens is 388 g/mol. The maximum Gasteiger partial charge on any atom is 0.338 e. The summed E-state index contributed by atoms with van der Waals surface area (Å²) in [6.07, 6.45) is 6.67. The van der Waals surface area contributed by atoms with E-state index < -0.39 is 11.9 Å². The Labute approximate surface area is 185 Å². The van der Waals surface area contributed by atoms with Gasteiger partial charge < -0.3 is 9.47 Å². The van der Waals surface area contributed by atoms with Crippen molar-refractivity contribution in [2.24, 2.45) is 0 Å². The molecule has 2 aromatic rings. The average molecular weight is 421 g/mol. The molecule has 0 unspecified atom stereocenters. The van der Waals surface area contributed by atoms with Crippen LogP contribution in [0.1, 0.15) is 58.4 Å². The number of unbranched alkanes of at least 4 members (excludes halogenated alkanes) is 4. The van der Waals surface area contributed by atoms with Crippen LogP contribution < -0.4 is 9.47 Å². The molecule has 0 atom stereocenters. The number of carbonyl (C=O) groups is 2. The molecule has 0 heterocycles. The second-order valence-corrected chi connectivity index (χ2v) is 7.85. The van der Waals surface area contributed by atoms with Gasteiger partial charge in [-0.25, -0.2) is 9.59 Å². The molecule has 31 heavy (non-hydrogen) atoms. The SMILES string of the molecule is C=C(C)C(=O)Oc1ccc(-c2ccc(OC(=O)C(=C)C)c(CCCCCCC)c2)cc1. The quantitative estimate of drug-likeness (QED) is 0.173. The third-order valence-electron chi connectivity index (χ3n) is 4.91. The first-order valence-electron chi connectivity index (χ1n) is 10.8. The molecule has 0 fully saturated rings. The van der Waals surface area contributed by atoms with Crippen molar-refractivity contribution in [2.45, 2.75) is 59.3 Å². The number of hydrogen-bond acceptors (Lipinski definition) is 4. The molecule has 2 rings (SSSR count). The average Bonchev–Trinajstić information content (AvgIpc) is 2.74. The van der Waals surface area contributed by atoms with Gasteiger partial charge in [-0.1, -0.05) is 64.0 Å². The number of hydrogen-bond donors (Lipinski definition) is 0. The molecule has 0 aliphatic rings. The number of carbonyl (C=O) groups excluding carboxylic acids is 2. The van der Waals surface area contributed by atoms with Crippen LogP contribution in [0.5, 0.6) is 11.5 Å². The number of benzene rings is 2. The lowest BCUT2D eigenvalue weighted by Crippen LogP contribution is -2.10. The molecule has 0 aliphatic carbocycles. The molecule has 0 amide bonds. The van der Waals surface area contributed by atoms with E-state index in [9.17, 15) is 9.59 Å². The maximum atomic E-state index is 12.0. The third kappa shape index (κ3) is 7.56. The highest BCUT2D eigenvalue weighted by Gasteiger charge is 2.12. The van der Waals surface area contributed by atoms with Gasteiger partial charge >= 0.3 is 11.9 Å². The molecule has 164 valence electrons. The van der Waals surface area contributed by atoms with E-state index in [0.717, 1.165) is 36.0 Å². The van der Waals surface area contributed by atoms with Crippen LogP contribution in [0.4, 0.5) is 0 Å². The molecule has 0 spiro atoms. The van der Waals surface area contributed by atoms with Crippen LogP contribution >= 0.6 is 0 Å². The summed E-state index contributed by atoms with van der Waals surface area (Å²) in [6.45, 7) is 12.7. The minimum Gasteiger partial charge on any atom is -0.423 e. The summed E-state index contributed by atoms with van der Waals surface area (Å²) in [7, 11) is 0. The smallest absolute Gasteiger partial charge is 0.338 e. The van der Waals surface area contributed by atoms with E-state index in [0.29, 0.717) is 22.6 Å². The van der Waals surface area contributed by atoms with E-state index in [1.54, 1.807) is 26.0 Å². The van der Waals surface area contributed by atoms with Gasteiger partial charge in [-0.05, 0) is 67.6 Å². The summed E-state index contributed by atoms with van der Waals surface area (Å²) < 4.78 is 10.8. The molecule has 0 bridgehead atoms. The van der Waals surface area contributed by atoms with Gasteiger partial charge in [-0.3, -0.25) is 0 Å². The number of ether oxygens (including phenoxy) is 2. The van der Waals surface area contributed by atoms with E-state index in [1.807, 2.05) is 24.3 Å². The van der Waals surface area contributed by atoms with Crippen molar-refractivity contribution in [3.8, 4) is 22.6 Å². The lowest BCUT2D eigenvalue weighted by molar-refractivity contribution is -0.131. The summed E-state index contributed by atoms with van der Waals surface area (Å²) in [5.74, 6) is 0.199. The second-order valence-electron chi connectivity index (χ2n) is 7.85. The van der Waals surface area contributed by atoms with E-state index in [4.69, 9.17) is 9.47 Å². The Balaban J connectivity index is 2.21. The van der Waals surface area contributed by atoms with Crippen LogP contribution in [0.25, 0.3) is 11.1 Å². The van der Waals surface area contributed by atoms with Gasteiger partial charge in [0.2, 0.25) is 0 Å². The van der Waals surface area contributed by atoms with Crippen LogP contribution in [0.15, 0.2) is 66.8 Å². The normalized spacial score (nSPS) is 10.4. The Morgan fingerprint density at radius 2 is 1.35 bits per heavy atom. The summed E-state index contributed by atoms with van der Waals surface area (Å²) in [5.41, 5.74) is 3.73. The number of esters is 2. The fourth-order valence-corrected chi connectivity index (χ4v) is 3.07. The van der Waals surface area contributed by atoms with Gasteiger partial charge in [-0.2, -0.15) is 0 Å². The zero-order valence-electron chi connectivity index (χ0n) is 18.8. The molecular formula is C27H32O4. The van der Waals surface area contributed by atoms with Crippen LogP contribution in [0, 0.1) is 0 Å². The van der Waals surface area contributed by atoms with E-state index in [1.165, 1.54) is 19.3 Å². The number of aryl methyl sites for hydroxylation is 1. The van der Waals surface area contributed by atoms with Gasteiger partial charge in [0, 0.05) is 11.1 Å². The molecule has 0 N–H and O–H groups in total. The Morgan fingerprint density at radius 3 is 1.97 bits per heavy atom. The minimum absolute atomic E-state index is 0.354. The fraction of sp³-hybridized carbons (Fsp3) is 0.333. The molecule has 0 aromatic heterocycles. The van der Waals surface area contributed by atoms with E-state index >= 15 is 0 Å². The highest BCUT2D eigenvalue weighted by Crippen LogP contribution is 2.30. The van der Waals surface area contributed by atoms with E-state index in [-0.39, 0.29) is 0 Å². The van der Waals surface area contributed by atoms with Crippen molar-refractivity contribution in [3.05, 3.63) is 72.3 Å². The van der Waals surface area contributed by atoms with Crippen molar-refractivity contribution in [1.82, 2.24) is 0 Å². The highest BCUT2D eigenvalue weighted by molar-refractivity contribution is 5.89. The lowest BCUT2D eigenvalue weighted by atomic mass is 9.98. The Morgan fingerprint density at radius 1 is 0.774 bits per heavy atom. The summed E-state index contributed by atoms with van der Waals surface area (Å²) in [5, 5.41) is 0. The molecule has 2 aromatic carbocycles. The van der Waals surface area contributed by atoms with Crippen molar-refractivity contribution in [3.63, 3.8) is 0 Å². The third-order valence-corrected chi connectivity index (χ3v) is 4.91. The maximum absolute atomic E-state index is 12.0. The molecule has 0 saturated heterocycles. The molecule has 0 radical (unpaired) electrons. The van der Waals surface area contributed by atoms with Crippen LogP contribution in [-0.4, -0.2) is 11.9 Å². The predicted molar refractivity (Wildman–Crippen MR) is 125 cm³/mol. The Bertz CT molecular complexity index is 938. The minimum atomic E-state index is -0.443. The van der Waals surface area contributed by atoms with Gasteiger partial charge in [0.25, 0.3) is 0 Å². The first-order chi connectivity index (χ1) is 14.8. The van der Waals surface area contributed by atoms with Crippen LogP contribution in [0.2, 0.25) is 0 Å². The van der Waals surface area contributed by atoms with Gasteiger partial charge in [0.05, 0.1) is 0 Å². The zero-order chi connectivity index (χ0) is 22.8. The number of rotatable bonds is 11. The summed E-state index contributed by atoms with van der Waals surface area (Å²) >= 11 is 0. The fourth-order valence-electron chi connectivity index (χ4n) is 3.07. The van der Waals surface area contributed by atoms with E-state index in [2.05, 4.69) is 26.1 Å². The largest absolute Gasteiger partial charge is 0.423 e. The molecule has 0 aliphatic heterocycles.